The third-order valence-corrected chi connectivity index (χ3v) is 4.93. The zero-order chi connectivity index (χ0) is 15.3. The lowest BCUT2D eigenvalue weighted by atomic mass is 10.2. The number of anilines is 1. The minimum atomic E-state index is -3.88. The van der Waals surface area contributed by atoms with Gasteiger partial charge in [0, 0.05) is 11.7 Å². The lowest BCUT2D eigenvalue weighted by Crippen LogP contribution is -2.34. The summed E-state index contributed by atoms with van der Waals surface area (Å²) >= 11 is 1.62. The van der Waals surface area contributed by atoms with E-state index in [0.29, 0.717) is 6.42 Å². The monoisotopic (exact) mass is 318 g/mol. The molecule has 0 bridgehead atoms. The van der Waals surface area contributed by atoms with E-state index < -0.39 is 16.0 Å². The van der Waals surface area contributed by atoms with Gasteiger partial charge in [-0.2, -0.15) is 11.8 Å². The highest BCUT2D eigenvalue weighted by atomic mass is 32.2. The summed E-state index contributed by atoms with van der Waals surface area (Å²) in [6, 6.07) is 3.45. The number of rotatable bonds is 7. The molecular formula is C12H18N2O4S2. The summed E-state index contributed by atoms with van der Waals surface area (Å²) in [7, 11) is -3.88. The second-order valence-corrected chi connectivity index (χ2v) is 7.03. The Morgan fingerprint density at radius 2 is 2.15 bits per heavy atom. The van der Waals surface area contributed by atoms with Gasteiger partial charge in [0.15, 0.2) is 0 Å². The standard InChI is InChI=1S/C12H18N2O4S2/c1-8(5-6-19-2)14-20(17,18)11-4-3-9(13)7-10(11)12(15)16/h3-4,7-8,14H,5-6,13H2,1-2H3,(H,15,16). The molecule has 1 aromatic rings. The van der Waals surface area contributed by atoms with Gasteiger partial charge in [-0.3, -0.25) is 0 Å². The van der Waals surface area contributed by atoms with Gasteiger partial charge in [-0.25, -0.2) is 17.9 Å². The molecule has 0 heterocycles. The molecule has 4 N–H and O–H groups in total. The van der Waals surface area contributed by atoms with Gasteiger partial charge in [-0.05, 0) is 43.6 Å². The average Bonchev–Trinajstić information content (AvgIpc) is 2.35. The second-order valence-electron chi connectivity index (χ2n) is 4.36. The van der Waals surface area contributed by atoms with Crippen molar-refractivity contribution < 1.29 is 18.3 Å². The maximum absolute atomic E-state index is 12.2. The van der Waals surface area contributed by atoms with Gasteiger partial charge in [-0.1, -0.05) is 0 Å². The minimum absolute atomic E-state index is 0.205. The molecule has 0 spiro atoms. The molecule has 0 radical (unpaired) electrons. The zero-order valence-corrected chi connectivity index (χ0v) is 12.9. The van der Waals surface area contributed by atoms with E-state index in [1.807, 2.05) is 6.26 Å². The van der Waals surface area contributed by atoms with Crippen LogP contribution in [0.2, 0.25) is 0 Å². The Labute approximate surface area is 122 Å². The van der Waals surface area contributed by atoms with Crippen LogP contribution >= 0.6 is 11.8 Å². The Hall–Kier alpha value is -1.25. The van der Waals surface area contributed by atoms with E-state index in [9.17, 15) is 13.2 Å². The average molecular weight is 318 g/mol. The van der Waals surface area contributed by atoms with E-state index in [-0.39, 0.29) is 22.2 Å². The molecule has 0 fully saturated rings. The van der Waals surface area contributed by atoms with Crippen molar-refractivity contribution in [3.05, 3.63) is 23.8 Å². The minimum Gasteiger partial charge on any atom is -0.478 e. The molecule has 0 aliphatic heterocycles. The fourth-order valence-electron chi connectivity index (χ4n) is 1.63. The molecule has 0 aromatic heterocycles. The van der Waals surface area contributed by atoms with Crippen molar-refractivity contribution in [1.82, 2.24) is 4.72 Å². The molecule has 0 aliphatic carbocycles. The van der Waals surface area contributed by atoms with Crippen molar-refractivity contribution in [3.63, 3.8) is 0 Å². The number of nitrogens with one attached hydrogen (secondary N) is 1. The van der Waals surface area contributed by atoms with E-state index >= 15 is 0 Å². The summed E-state index contributed by atoms with van der Waals surface area (Å²) in [5.74, 6) is -0.508. The van der Waals surface area contributed by atoms with Gasteiger partial charge in [0.25, 0.3) is 0 Å². The van der Waals surface area contributed by atoms with Crippen molar-refractivity contribution in [2.24, 2.45) is 0 Å². The van der Waals surface area contributed by atoms with Gasteiger partial charge in [0.1, 0.15) is 0 Å². The first-order chi connectivity index (χ1) is 9.27. The van der Waals surface area contributed by atoms with E-state index in [2.05, 4.69) is 4.72 Å². The number of nitrogens with two attached hydrogens (primary N) is 1. The number of hydrogen-bond donors (Lipinski definition) is 3. The van der Waals surface area contributed by atoms with Crippen LogP contribution in [0.4, 0.5) is 5.69 Å². The molecule has 112 valence electrons. The highest BCUT2D eigenvalue weighted by Crippen LogP contribution is 2.19. The number of nitrogen functional groups attached to an aromatic ring is 1. The van der Waals surface area contributed by atoms with Crippen LogP contribution in [-0.2, 0) is 10.0 Å². The molecule has 1 unspecified atom stereocenters. The summed E-state index contributed by atoms with van der Waals surface area (Å²) in [6.07, 6.45) is 2.60. The molecule has 1 atom stereocenters. The number of hydrogen-bond acceptors (Lipinski definition) is 5. The molecule has 6 nitrogen and oxygen atoms in total. The fraction of sp³-hybridized carbons (Fsp3) is 0.417. The number of carbonyl (C=O) groups is 1. The van der Waals surface area contributed by atoms with Crippen LogP contribution in [0.15, 0.2) is 23.1 Å². The maximum Gasteiger partial charge on any atom is 0.337 e. The third-order valence-electron chi connectivity index (χ3n) is 2.63. The SMILES string of the molecule is CSCCC(C)NS(=O)(=O)c1ccc(N)cc1C(=O)O. The van der Waals surface area contributed by atoms with Gasteiger partial charge < -0.3 is 10.8 Å². The summed E-state index contributed by atoms with van der Waals surface area (Å²) in [5.41, 5.74) is 5.38. The highest BCUT2D eigenvalue weighted by molar-refractivity contribution is 7.98. The largest absolute Gasteiger partial charge is 0.478 e. The van der Waals surface area contributed by atoms with Crippen LogP contribution in [0.3, 0.4) is 0 Å². The number of carboxylic acid groups (broad SMARTS) is 1. The Balaban J connectivity index is 3.06. The molecule has 0 amide bonds. The van der Waals surface area contributed by atoms with Gasteiger partial charge in [0.2, 0.25) is 10.0 Å². The molecular weight excluding hydrogens is 300 g/mol. The van der Waals surface area contributed by atoms with Crippen molar-refractivity contribution in [1.29, 1.82) is 0 Å². The Bertz CT molecular complexity index is 587. The molecule has 1 aromatic carbocycles. The van der Waals surface area contributed by atoms with Crippen LogP contribution in [0, 0.1) is 0 Å². The highest BCUT2D eigenvalue weighted by Gasteiger charge is 2.23. The van der Waals surface area contributed by atoms with E-state index in [1.165, 1.54) is 12.1 Å². The van der Waals surface area contributed by atoms with Crippen LogP contribution in [0.5, 0.6) is 0 Å². The number of sulfonamides is 1. The van der Waals surface area contributed by atoms with E-state index in [0.717, 1.165) is 11.8 Å². The van der Waals surface area contributed by atoms with Crippen molar-refractivity contribution in [3.8, 4) is 0 Å². The Morgan fingerprint density at radius 3 is 2.70 bits per heavy atom. The fourth-order valence-corrected chi connectivity index (χ4v) is 3.68. The normalized spacial score (nSPS) is 13.1. The van der Waals surface area contributed by atoms with Crippen LogP contribution < -0.4 is 10.5 Å². The van der Waals surface area contributed by atoms with Gasteiger partial charge >= 0.3 is 5.97 Å². The van der Waals surface area contributed by atoms with Gasteiger partial charge in [-0.15, -0.1) is 0 Å². The smallest absolute Gasteiger partial charge is 0.337 e. The van der Waals surface area contributed by atoms with E-state index in [4.69, 9.17) is 10.8 Å². The topological polar surface area (TPSA) is 109 Å². The maximum atomic E-state index is 12.2. The Kier molecular flexibility index (Phi) is 5.85. The first-order valence-electron chi connectivity index (χ1n) is 5.92. The first kappa shape index (κ1) is 16.8. The lowest BCUT2D eigenvalue weighted by Gasteiger charge is -2.15. The van der Waals surface area contributed by atoms with Crippen LogP contribution in [-0.4, -0.2) is 37.5 Å². The van der Waals surface area contributed by atoms with Crippen LogP contribution in [0.25, 0.3) is 0 Å². The van der Waals surface area contributed by atoms with Gasteiger partial charge in [0.05, 0.1) is 10.5 Å². The lowest BCUT2D eigenvalue weighted by molar-refractivity contribution is 0.0692. The summed E-state index contributed by atoms with van der Waals surface area (Å²) in [5, 5.41) is 9.08. The second kappa shape index (κ2) is 6.96. The number of aromatic carboxylic acids is 1. The first-order valence-corrected chi connectivity index (χ1v) is 8.79. The molecule has 1 rings (SSSR count). The molecule has 0 saturated carbocycles. The molecule has 8 heteroatoms. The third kappa shape index (κ3) is 4.39. The number of carboxylic acids is 1. The summed E-state index contributed by atoms with van der Waals surface area (Å²) in [6.45, 7) is 1.74. The van der Waals surface area contributed by atoms with Crippen molar-refractivity contribution in [2.45, 2.75) is 24.3 Å². The Morgan fingerprint density at radius 1 is 1.50 bits per heavy atom. The molecule has 0 aliphatic rings. The summed E-state index contributed by atoms with van der Waals surface area (Å²) < 4.78 is 26.9. The predicted molar refractivity (Wildman–Crippen MR) is 80.6 cm³/mol. The molecule has 20 heavy (non-hydrogen) atoms. The number of thioether (sulfide) groups is 1. The van der Waals surface area contributed by atoms with Crippen LogP contribution in [0.1, 0.15) is 23.7 Å². The van der Waals surface area contributed by atoms with Crippen molar-refractivity contribution in [2.75, 3.05) is 17.7 Å². The van der Waals surface area contributed by atoms with E-state index in [1.54, 1.807) is 18.7 Å². The summed E-state index contributed by atoms with van der Waals surface area (Å²) in [4.78, 5) is 10.9. The quantitative estimate of drug-likeness (QED) is 0.655. The predicted octanol–water partition coefficient (Wildman–Crippen LogP) is 1.39. The van der Waals surface area contributed by atoms with Crippen molar-refractivity contribution >= 4 is 33.4 Å². The number of benzene rings is 1. The zero-order valence-electron chi connectivity index (χ0n) is 11.3. The molecule has 0 saturated heterocycles.